The minimum atomic E-state index is -1.20. The van der Waals surface area contributed by atoms with Crippen LogP contribution in [0, 0.1) is 5.92 Å². The van der Waals surface area contributed by atoms with Gasteiger partial charge < -0.3 is 23.7 Å². The van der Waals surface area contributed by atoms with Crippen molar-refractivity contribution in [2.45, 2.75) is 266 Å². The van der Waals surface area contributed by atoms with E-state index in [0.717, 1.165) is 89.9 Å². The third-order valence-electron chi connectivity index (χ3n) is 10.2. The molecule has 3 atom stereocenters. The standard InChI is InChI=1S/C47H96O7/c1-10-16-21-24-29-35-42-50-46(48-40-33-23-18-12-3,49-41-34-28-22-17-11-2)37-30-26-25-27-31-38-47(53-45(7,8)9,51-39-32-19-13-4)54-52-43-44(15-6)36-20-14-5/h44H,10-43H2,1-9H3. The van der Waals surface area contributed by atoms with Crippen LogP contribution < -0.4 is 0 Å². The van der Waals surface area contributed by atoms with E-state index in [1.54, 1.807) is 0 Å². The van der Waals surface area contributed by atoms with Crippen LogP contribution in [0.5, 0.6) is 0 Å². The molecule has 54 heavy (non-hydrogen) atoms. The Morgan fingerprint density at radius 1 is 0.389 bits per heavy atom. The van der Waals surface area contributed by atoms with Gasteiger partial charge in [-0.25, -0.2) is 4.89 Å². The highest BCUT2D eigenvalue weighted by molar-refractivity contribution is 4.68. The van der Waals surface area contributed by atoms with Gasteiger partial charge in [0.25, 0.3) is 5.97 Å². The molecule has 0 saturated carbocycles. The summed E-state index contributed by atoms with van der Waals surface area (Å²) in [4.78, 5) is 12.2. The van der Waals surface area contributed by atoms with E-state index < -0.39 is 17.5 Å². The van der Waals surface area contributed by atoms with Gasteiger partial charge in [-0.3, -0.25) is 0 Å². The van der Waals surface area contributed by atoms with Crippen LogP contribution in [0.3, 0.4) is 0 Å². The van der Waals surface area contributed by atoms with Crippen molar-refractivity contribution in [1.82, 2.24) is 0 Å². The first-order valence-electron chi connectivity index (χ1n) is 23.7. The molecule has 0 aromatic rings. The highest BCUT2D eigenvalue weighted by atomic mass is 17.3. The minimum absolute atomic E-state index is 0.439. The average Bonchev–Trinajstić information content (AvgIpc) is 3.14. The van der Waals surface area contributed by atoms with Crippen LogP contribution in [0.4, 0.5) is 0 Å². The lowest BCUT2D eigenvalue weighted by Gasteiger charge is -2.37. The Hall–Kier alpha value is -0.280. The van der Waals surface area contributed by atoms with E-state index in [0.29, 0.717) is 45.4 Å². The molecule has 0 amide bonds. The van der Waals surface area contributed by atoms with Crippen LogP contribution in [-0.2, 0) is 33.5 Å². The van der Waals surface area contributed by atoms with Gasteiger partial charge in [-0.2, -0.15) is 4.89 Å². The normalized spacial score (nSPS) is 15.1. The zero-order chi connectivity index (χ0) is 40.1. The molecule has 326 valence electrons. The molecular weight excluding hydrogens is 677 g/mol. The molecule has 0 aliphatic carbocycles. The summed E-state index contributed by atoms with van der Waals surface area (Å²) >= 11 is 0. The Labute approximate surface area is 337 Å². The van der Waals surface area contributed by atoms with Gasteiger partial charge in [0.2, 0.25) is 0 Å². The fraction of sp³-hybridized carbons (Fsp3) is 1.00. The van der Waals surface area contributed by atoms with Crippen molar-refractivity contribution >= 4 is 0 Å². The quantitative estimate of drug-likeness (QED) is 0.0265. The molecule has 0 N–H and O–H groups in total. The number of ether oxygens (including phenoxy) is 5. The summed E-state index contributed by atoms with van der Waals surface area (Å²) in [6, 6.07) is 0. The van der Waals surface area contributed by atoms with Crippen molar-refractivity contribution in [3.05, 3.63) is 0 Å². The van der Waals surface area contributed by atoms with E-state index in [1.165, 1.54) is 89.9 Å². The summed E-state index contributed by atoms with van der Waals surface area (Å²) in [5.41, 5.74) is -0.439. The SMILES string of the molecule is CCCCCCCCOC(CCCCCCCC(OCCCCC)(OOCC(CC)CCCC)OC(C)(C)C)(OCCCCCC)OCCCCCCC. The predicted octanol–water partition coefficient (Wildman–Crippen LogP) is 15.2. The largest absolute Gasteiger partial charge is 0.327 e. The Morgan fingerprint density at radius 3 is 1.19 bits per heavy atom. The van der Waals surface area contributed by atoms with Crippen LogP contribution in [0.2, 0.25) is 0 Å². The third kappa shape index (κ3) is 31.8. The summed E-state index contributed by atoms with van der Waals surface area (Å²) in [5, 5.41) is 0. The maximum atomic E-state index is 6.62. The zero-order valence-electron chi connectivity index (χ0n) is 38.0. The summed E-state index contributed by atoms with van der Waals surface area (Å²) < 4.78 is 32.9. The summed E-state index contributed by atoms with van der Waals surface area (Å²) in [5.74, 6) is -1.66. The topological polar surface area (TPSA) is 64.6 Å². The molecule has 0 aromatic heterocycles. The van der Waals surface area contributed by atoms with Crippen LogP contribution in [0.25, 0.3) is 0 Å². The number of hydrogen-bond donors (Lipinski definition) is 0. The number of unbranched alkanes of at least 4 members (excludes halogenated alkanes) is 19. The van der Waals surface area contributed by atoms with Gasteiger partial charge in [0.1, 0.15) is 0 Å². The maximum Gasteiger partial charge on any atom is 0.312 e. The van der Waals surface area contributed by atoms with E-state index in [1.807, 2.05) is 0 Å². The average molecular weight is 773 g/mol. The molecule has 0 bridgehead atoms. The number of rotatable bonds is 43. The van der Waals surface area contributed by atoms with Crippen LogP contribution in [-0.4, -0.2) is 50.6 Å². The van der Waals surface area contributed by atoms with Crippen molar-refractivity contribution in [3.8, 4) is 0 Å². The summed E-state index contributed by atoms with van der Waals surface area (Å²) in [6.45, 7) is 22.9. The molecule has 7 nitrogen and oxygen atoms in total. The van der Waals surface area contributed by atoms with Crippen LogP contribution >= 0.6 is 0 Å². The third-order valence-corrected chi connectivity index (χ3v) is 10.2. The van der Waals surface area contributed by atoms with Crippen molar-refractivity contribution in [2.75, 3.05) is 33.0 Å². The molecule has 7 heteroatoms. The van der Waals surface area contributed by atoms with E-state index in [2.05, 4.69) is 62.3 Å². The summed E-state index contributed by atoms with van der Waals surface area (Å²) in [6.07, 6.45) is 32.7. The second kappa shape index (κ2) is 37.0. The van der Waals surface area contributed by atoms with Gasteiger partial charge in [-0.15, -0.1) is 0 Å². The van der Waals surface area contributed by atoms with Gasteiger partial charge in [0.15, 0.2) is 0 Å². The molecule has 0 heterocycles. The van der Waals surface area contributed by atoms with Crippen molar-refractivity contribution in [1.29, 1.82) is 0 Å². The first-order chi connectivity index (χ1) is 26.1. The lowest BCUT2D eigenvalue weighted by atomic mass is 10.0. The van der Waals surface area contributed by atoms with E-state index >= 15 is 0 Å². The molecule has 0 saturated heterocycles. The van der Waals surface area contributed by atoms with Crippen LogP contribution in [0.15, 0.2) is 0 Å². The fourth-order valence-corrected chi connectivity index (χ4v) is 6.75. The molecule has 0 rings (SSSR count). The highest BCUT2D eigenvalue weighted by Crippen LogP contribution is 2.32. The fourth-order valence-electron chi connectivity index (χ4n) is 6.75. The Bertz CT molecular complexity index is 759. The van der Waals surface area contributed by atoms with Gasteiger partial charge in [-0.05, 0) is 71.6 Å². The monoisotopic (exact) mass is 773 g/mol. The Morgan fingerprint density at radius 2 is 0.741 bits per heavy atom. The molecule has 0 spiro atoms. The van der Waals surface area contributed by atoms with Crippen molar-refractivity contribution in [2.24, 2.45) is 5.92 Å². The molecule has 3 unspecified atom stereocenters. The van der Waals surface area contributed by atoms with Crippen LogP contribution in [0.1, 0.15) is 249 Å². The Kier molecular flexibility index (Phi) is 36.8. The second-order valence-electron chi connectivity index (χ2n) is 17.0. The van der Waals surface area contributed by atoms with E-state index in [-0.39, 0.29) is 0 Å². The maximum absolute atomic E-state index is 6.62. The van der Waals surface area contributed by atoms with E-state index in [9.17, 15) is 0 Å². The first-order valence-corrected chi connectivity index (χ1v) is 23.7. The Balaban J connectivity index is 5.47. The smallest absolute Gasteiger partial charge is 0.312 e. The lowest BCUT2D eigenvalue weighted by molar-refractivity contribution is -0.523. The first kappa shape index (κ1) is 53.7. The highest BCUT2D eigenvalue weighted by Gasteiger charge is 2.39. The molecule has 0 radical (unpaired) electrons. The van der Waals surface area contributed by atoms with E-state index in [4.69, 9.17) is 33.5 Å². The molecule has 0 fully saturated rings. The van der Waals surface area contributed by atoms with Crippen molar-refractivity contribution < 1.29 is 33.5 Å². The molecule has 0 aliphatic heterocycles. The number of hydrogen-bond acceptors (Lipinski definition) is 7. The molecule has 0 aromatic carbocycles. The minimum Gasteiger partial charge on any atom is -0.327 e. The zero-order valence-corrected chi connectivity index (χ0v) is 38.0. The van der Waals surface area contributed by atoms with Crippen molar-refractivity contribution in [3.63, 3.8) is 0 Å². The van der Waals surface area contributed by atoms with Gasteiger partial charge in [0, 0.05) is 12.8 Å². The predicted molar refractivity (Wildman–Crippen MR) is 229 cm³/mol. The molecule has 0 aliphatic rings. The molecular formula is C47H96O7. The lowest BCUT2D eigenvalue weighted by Crippen LogP contribution is -2.45. The summed E-state index contributed by atoms with van der Waals surface area (Å²) in [7, 11) is 0. The van der Waals surface area contributed by atoms with Gasteiger partial charge in [0.05, 0.1) is 38.6 Å². The van der Waals surface area contributed by atoms with Gasteiger partial charge >= 0.3 is 5.97 Å². The second-order valence-corrected chi connectivity index (χ2v) is 17.0. The van der Waals surface area contributed by atoms with Gasteiger partial charge in [-0.1, -0.05) is 170 Å².